The Morgan fingerprint density at radius 1 is 1.29 bits per heavy atom. The van der Waals surface area contributed by atoms with Crippen molar-refractivity contribution in [3.8, 4) is 5.75 Å². The van der Waals surface area contributed by atoms with E-state index < -0.39 is 0 Å². The van der Waals surface area contributed by atoms with Crippen LogP contribution < -0.4 is 15.8 Å². The topological polar surface area (TPSA) is 73.1 Å². The summed E-state index contributed by atoms with van der Waals surface area (Å²) in [5.74, 6) is 1.53. The van der Waals surface area contributed by atoms with Crippen LogP contribution in [0.25, 0.3) is 0 Å². The highest BCUT2D eigenvalue weighted by Gasteiger charge is 1.98. The second-order valence-electron chi connectivity index (χ2n) is 3.38. The average Bonchev–Trinajstić information content (AvgIpc) is 2.38. The van der Waals surface area contributed by atoms with E-state index in [0.717, 1.165) is 17.3 Å². The standard InChI is InChI=1S/C12H14N4O/c13-5-7-17-11-3-1-2-10(8-11)16-12-4-6-14-9-15-12/h1-4,6,8-9H,5,7,13H2,(H,14,15,16). The van der Waals surface area contributed by atoms with E-state index in [9.17, 15) is 0 Å². The molecular weight excluding hydrogens is 216 g/mol. The average molecular weight is 230 g/mol. The molecule has 0 bridgehead atoms. The minimum atomic E-state index is 0.504. The smallest absolute Gasteiger partial charge is 0.133 e. The minimum Gasteiger partial charge on any atom is -0.492 e. The zero-order valence-corrected chi connectivity index (χ0v) is 9.34. The predicted octanol–water partition coefficient (Wildman–Crippen LogP) is 1.56. The molecule has 0 spiro atoms. The van der Waals surface area contributed by atoms with Crippen LogP contribution in [-0.4, -0.2) is 23.1 Å². The monoisotopic (exact) mass is 230 g/mol. The first-order valence-electron chi connectivity index (χ1n) is 5.34. The third-order valence-corrected chi connectivity index (χ3v) is 2.07. The zero-order chi connectivity index (χ0) is 11.9. The number of rotatable bonds is 5. The lowest BCUT2D eigenvalue weighted by molar-refractivity contribution is 0.328. The molecule has 0 saturated carbocycles. The summed E-state index contributed by atoms with van der Waals surface area (Å²) in [6, 6.07) is 9.44. The van der Waals surface area contributed by atoms with E-state index in [1.807, 2.05) is 24.3 Å². The van der Waals surface area contributed by atoms with Gasteiger partial charge in [-0.2, -0.15) is 0 Å². The van der Waals surface area contributed by atoms with Gasteiger partial charge in [-0.25, -0.2) is 9.97 Å². The van der Waals surface area contributed by atoms with Crippen molar-refractivity contribution in [1.82, 2.24) is 9.97 Å². The van der Waals surface area contributed by atoms with Crippen molar-refractivity contribution < 1.29 is 4.74 Å². The van der Waals surface area contributed by atoms with Gasteiger partial charge in [0.05, 0.1) is 0 Å². The summed E-state index contributed by atoms with van der Waals surface area (Å²) < 4.78 is 5.44. The molecule has 0 fully saturated rings. The van der Waals surface area contributed by atoms with Gasteiger partial charge in [-0.3, -0.25) is 0 Å². The van der Waals surface area contributed by atoms with Gasteiger partial charge >= 0.3 is 0 Å². The normalized spacial score (nSPS) is 9.94. The summed E-state index contributed by atoms with van der Waals surface area (Å²) in [6.45, 7) is 1.01. The van der Waals surface area contributed by atoms with Crippen LogP contribution in [0.5, 0.6) is 5.75 Å². The fraction of sp³-hybridized carbons (Fsp3) is 0.167. The summed E-state index contributed by atoms with van der Waals surface area (Å²) >= 11 is 0. The maximum atomic E-state index is 5.44. The number of benzene rings is 1. The van der Waals surface area contributed by atoms with E-state index in [-0.39, 0.29) is 0 Å². The van der Waals surface area contributed by atoms with E-state index in [1.165, 1.54) is 6.33 Å². The van der Waals surface area contributed by atoms with Crippen molar-refractivity contribution in [2.75, 3.05) is 18.5 Å². The molecule has 2 aromatic rings. The van der Waals surface area contributed by atoms with E-state index in [2.05, 4.69) is 15.3 Å². The summed E-state index contributed by atoms with van der Waals surface area (Å²) in [4.78, 5) is 7.94. The Morgan fingerprint density at radius 2 is 2.24 bits per heavy atom. The molecule has 0 aliphatic carbocycles. The van der Waals surface area contributed by atoms with E-state index in [0.29, 0.717) is 13.2 Å². The van der Waals surface area contributed by atoms with Gasteiger partial charge in [0.25, 0.3) is 0 Å². The van der Waals surface area contributed by atoms with Gasteiger partial charge in [-0.05, 0) is 18.2 Å². The molecule has 1 aromatic carbocycles. The fourth-order valence-electron chi connectivity index (χ4n) is 1.35. The second-order valence-corrected chi connectivity index (χ2v) is 3.38. The highest BCUT2D eigenvalue weighted by Crippen LogP contribution is 2.19. The Morgan fingerprint density at radius 3 is 3.00 bits per heavy atom. The summed E-state index contributed by atoms with van der Waals surface area (Å²) in [5.41, 5.74) is 6.30. The van der Waals surface area contributed by atoms with Crippen LogP contribution in [0.3, 0.4) is 0 Å². The highest BCUT2D eigenvalue weighted by atomic mass is 16.5. The second kappa shape index (κ2) is 5.81. The Balaban J connectivity index is 2.06. The number of anilines is 2. The first kappa shape index (κ1) is 11.3. The Labute approximate surface area is 99.7 Å². The zero-order valence-electron chi connectivity index (χ0n) is 9.34. The van der Waals surface area contributed by atoms with Crippen molar-refractivity contribution in [2.45, 2.75) is 0 Å². The van der Waals surface area contributed by atoms with Gasteiger partial charge in [0.1, 0.15) is 24.5 Å². The quantitative estimate of drug-likeness (QED) is 0.815. The van der Waals surface area contributed by atoms with Crippen LogP contribution in [0, 0.1) is 0 Å². The molecule has 0 aliphatic rings. The molecule has 5 nitrogen and oxygen atoms in total. The lowest BCUT2D eigenvalue weighted by atomic mass is 10.3. The number of hydrogen-bond acceptors (Lipinski definition) is 5. The van der Waals surface area contributed by atoms with E-state index in [4.69, 9.17) is 10.5 Å². The van der Waals surface area contributed by atoms with Crippen molar-refractivity contribution >= 4 is 11.5 Å². The van der Waals surface area contributed by atoms with Crippen LogP contribution in [-0.2, 0) is 0 Å². The molecule has 17 heavy (non-hydrogen) atoms. The van der Waals surface area contributed by atoms with E-state index in [1.54, 1.807) is 12.3 Å². The largest absolute Gasteiger partial charge is 0.492 e. The Hall–Kier alpha value is -2.14. The molecule has 0 saturated heterocycles. The number of ether oxygens (including phenoxy) is 1. The number of hydrogen-bond donors (Lipinski definition) is 2. The maximum Gasteiger partial charge on any atom is 0.133 e. The molecule has 0 radical (unpaired) electrons. The lowest BCUT2D eigenvalue weighted by Crippen LogP contribution is -2.10. The molecule has 1 aromatic heterocycles. The number of nitrogens with two attached hydrogens (primary N) is 1. The van der Waals surface area contributed by atoms with Crippen LogP contribution in [0.15, 0.2) is 42.9 Å². The third-order valence-electron chi connectivity index (χ3n) is 2.07. The minimum absolute atomic E-state index is 0.504. The Bertz CT molecular complexity index is 461. The number of aromatic nitrogens is 2. The van der Waals surface area contributed by atoms with Crippen LogP contribution in [0.1, 0.15) is 0 Å². The summed E-state index contributed by atoms with van der Waals surface area (Å²) in [6.07, 6.45) is 3.18. The maximum absolute atomic E-state index is 5.44. The van der Waals surface area contributed by atoms with Crippen molar-refractivity contribution in [2.24, 2.45) is 5.73 Å². The molecule has 5 heteroatoms. The number of nitrogens with one attached hydrogen (secondary N) is 1. The molecule has 1 heterocycles. The lowest BCUT2D eigenvalue weighted by Gasteiger charge is -2.08. The molecule has 0 aliphatic heterocycles. The van der Waals surface area contributed by atoms with Gasteiger partial charge < -0.3 is 15.8 Å². The van der Waals surface area contributed by atoms with Gasteiger partial charge in [-0.1, -0.05) is 6.07 Å². The van der Waals surface area contributed by atoms with Crippen molar-refractivity contribution in [3.05, 3.63) is 42.9 Å². The summed E-state index contributed by atoms with van der Waals surface area (Å²) in [5, 5.41) is 3.16. The van der Waals surface area contributed by atoms with Crippen LogP contribution >= 0.6 is 0 Å². The molecule has 0 amide bonds. The van der Waals surface area contributed by atoms with Crippen LogP contribution in [0.2, 0.25) is 0 Å². The number of nitrogens with zero attached hydrogens (tertiary/aromatic N) is 2. The fourth-order valence-corrected chi connectivity index (χ4v) is 1.35. The summed E-state index contributed by atoms with van der Waals surface area (Å²) in [7, 11) is 0. The SMILES string of the molecule is NCCOc1cccc(Nc2ccncn2)c1. The van der Waals surface area contributed by atoms with Gasteiger partial charge in [0, 0.05) is 24.5 Å². The highest BCUT2D eigenvalue weighted by molar-refractivity contribution is 5.57. The molecule has 0 atom stereocenters. The first-order chi connectivity index (χ1) is 8.38. The van der Waals surface area contributed by atoms with Crippen LogP contribution in [0.4, 0.5) is 11.5 Å². The van der Waals surface area contributed by atoms with Gasteiger partial charge in [0.2, 0.25) is 0 Å². The van der Waals surface area contributed by atoms with Gasteiger partial charge in [-0.15, -0.1) is 0 Å². The third kappa shape index (κ3) is 3.42. The molecule has 3 N–H and O–H groups in total. The van der Waals surface area contributed by atoms with Crippen molar-refractivity contribution in [3.63, 3.8) is 0 Å². The molecule has 0 unspecified atom stereocenters. The first-order valence-corrected chi connectivity index (χ1v) is 5.34. The molecular formula is C12H14N4O. The molecule has 2 rings (SSSR count). The molecule has 88 valence electrons. The van der Waals surface area contributed by atoms with E-state index >= 15 is 0 Å². The van der Waals surface area contributed by atoms with Crippen molar-refractivity contribution in [1.29, 1.82) is 0 Å². The predicted molar refractivity (Wildman–Crippen MR) is 66.3 cm³/mol. The van der Waals surface area contributed by atoms with Gasteiger partial charge in [0.15, 0.2) is 0 Å². The Kier molecular flexibility index (Phi) is 3.88.